The second-order valence-electron chi connectivity index (χ2n) is 5.87. The van der Waals surface area contributed by atoms with Crippen LogP contribution in [0.4, 0.5) is 5.82 Å². The van der Waals surface area contributed by atoms with Gasteiger partial charge in [-0.3, -0.25) is 4.79 Å². The maximum Gasteiger partial charge on any atom is 0.251 e. The molecule has 0 saturated carbocycles. The van der Waals surface area contributed by atoms with Crippen molar-refractivity contribution in [3.8, 4) is 0 Å². The van der Waals surface area contributed by atoms with E-state index in [4.69, 9.17) is 0 Å². The zero-order valence-electron chi connectivity index (χ0n) is 14.2. The summed E-state index contributed by atoms with van der Waals surface area (Å²) < 4.78 is 0. The van der Waals surface area contributed by atoms with Crippen LogP contribution in [0.15, 0.2) is 12.1 Å². The Bertz CT molecular complexity index is 471. The van der Waals surface area contributed by atoms with E-state index < -0.39 is 0 Å². The zero-order chi connectivity index (χ0) is 16.0. The largest absolute Gasteiger partial charge is 0.373 e. The van der Waals surface area contributed by atoms with Gasteiger partial charge in [0, 0.05) is 23.8 Å². The minimum Gasteiger partial charge on any atom is -0.373 e. The summed E-state index contributed by atoms with van der Waals surface area (Å²) >= 11 is 0. The zero-order valence-corrected chi connectivity index (χ0v) is 14.2. The van der Waals surface area contributed by atoms with E-state index in [0.29, 0.717) is 5.56 Å². The maximum atomic E-state index is 12.6. The highest BCUT2D eigenvalue weighted by atomic mass is 16.1. The van der Waals surface area contributed by atoms with E-state index in [9.17, 15) is 4.79 Å². The molecule has 1 heterocycles. The smallest absolute Gasteiger partial charge is 0.251 e. The first-order valence-electron chi connectivity index (χ1n) is 7.93. The third-order valence-corrected chi connectivity index (χ3v) is 4.36. The van der Waals surface area contributed by atoms with Gasteiger partial charge in [0.25, 0.3) is 5.91 Å². The molecule has 1 aromatic heterocycles. The molecule has 0 fully saturated rings. The van der Waals surface area contributed by atoms with Crippen molar-refractivity contribution in [2.75, 3.05) is 12.4 Å². The third kappa shape index (κ3) is 4.19. The lowest BCUT2D eigenvalue weighted by Gasteiger charge is -2.32. The van der Waals surface area contributed by atoms with Crippen LogP contribution in [0.1, 0.15) is 75.9 Å². The Labute approximate surface area is 128 Å². The number of aromatic nitrogens is 1. The van der Waals surface area contributed by atoms with Crippen LogP contribution < -0.4 is 10.6 Å². The van der Waals surface area contributed by atoms with E-state index in [-0.39, 0.29) is 17.4 Å². The summed E-state index contributed by atoms with van der Waals surface area (Å²) in [6, 6.07) is 3.71. The summed E-state index contributed by atoms with van der Waals surface area (Å²) in [4.78, 5) is 17.1. The van der Waals surface area contributed by atoms with E-state index in [1.807, 2.05) is 19.2 Å². The number of rotatable bonds is 7. The molecule has 0 radical (unpaired) electrons. The molecule has 21 heavy (non-hydrogen) atoms. The van der Waals surface area contributed by atoms with Gasteiger partial charge in [-0.15, -0.1) is 0 Å². The Morgan fingerprint density at radius 3 is 2.19 bits per heavy atom. The van der Waals surface area contributed by atoms with Gasteiger partial charge >= 0.3 is 0 Å². The Hall–Kier alpha value is -1.58. The Morgan fingerprint density at radius 2 is 1.76 bits per heavy atom. The standard InChI is InChI=1S/C17H29N3O/c1-7-17(8-2,9-3)20-16(21)13-10-14(12(4)5)19-15(11-13)18-6/h10-12H,7-9H2,1-6H3,(H,18,19)(H,20,21). The van der Waals surface area contributed by atoms with E-state index in [1.54, 1.807) is 0 Å². The summed E-state index contributed by atoms with van der Waals surface area (Å²) in [5.74, 6) is 1.01. The van der Waals surface area contributed by atoms with Gasteiger partial charge in [-0.05, 0) is 37.3 Å². The van der Waals surface area contributed by atoms with Crippen LogP contribution in [0, 0.1) is 0 Å². The van der Waals surface area contributed by atoms with Gasteiger partial charge in [0.15, 0.2) is 0 Å². The average molecular weight is 291 g/mol. The third-order valence-electron chi connectivity index (χ3n) is 4.36. The van der Waals surface area contributed by atoms with Crippen molar-refractivity contribution >= 4 is 11.7 Å². The number of nitrogens with zero attached hydrogens (tertiary/aromatic N) is 1. The van der Waals surface area contributed by atoms with Gasteiger partial charge in [-0.1, -0.05) is 34.6 Å². The van der Waals surface area contributed by atoms with Crippen LogP contribution in [0.5, 0.6) is 0 Å². The molecule has 0 aliphatic carbocycles. The first-order valence-corrected chi connectivity index (χ1v) is 7.93. The van der Waals surface area contributed by atoms with Gasteiger partial charge in [0.1, 0.15) is 5.82 Å². The van der Waals surface area contributed by atoms with Crippen molar-refractivity contribution in [1.82, 2.24) is 10.3 Å². The molecule has 0 saturated heterocycles. The molecule has 0 aromatic carbocycles. The van der Waals surface area contributed by atoms with Crippen LogP contribution in [-0.2, 0) is 0 Å². The first-order chi connectivity index (χ1) is 9.91. The molecule has 118 valence electrons. The quantitative estimate of drug-likeness (QED) is 0.800. The van der Waals surface area contributed by atoms with Crippen LogP contribution in [0.25, 0.3) is 0 Å². The summed E-state index contributed by atoms with van der Waals surface area (Å²) in [7, 11) is 1.82. The van der Waals surface area contributed by atoms with Gasteiger partial charge in [0.2, 0.25) is 0 Å². The molecule has 0 aliphatic heterocycles. The van der Waals surface area contributed by atoms with Gasteiger partial charge in [-0.2, -0.15) is 0 Å². The number of hydrogen-bond acceptors (Lipinski definition) is 3. The number of carbonyl (C=O) groups is 1. The molecule has 2 N–H and O–H groups in total. The summed E-state index contributed by atoms with van der Waals surface area (Å²) in [5, 5.41) is 6.25. The van der Waals surface area contributed by atoms with Crippen LogP contribution in [-0.4, -0.2) is 23.5 Å². The van der Waals surface area contributed by atoms with Crippen molar-refractivity contribution < 1.29 is 4.79 Å². The molecule has 4 nitrogen and oxygen atoms in total. The molecule has 0 unspecified atom stereocenters. The summed E-state index contributed by atoms with van der Waals surface area (Å²) in [6.45, 7) is 10.5. The highest BCUT2D eigenvalue weighted by Gasteiger charge is 2.26. The topological polar surface area (TPSA) is 54.0 Å². The minimum atomic E-state index is -0.113. The van der Waals surface area contributed by atoms with Crippen LogP contribution in [0.3, 0.4) is 0 Å². The minimum absolute atomic E-state index is 0.0126. The van der Waals surface area contributed by atoms with Gasteiger partial charge in [0.05, 0.1) is 0 Å². The first kappa shape index (κ1) is 17.5. The Kier molecular flexibility index (Phi) is 6.19. The van der Waals surface area contributed by atoms with Crippen LogP contribution in [0.2, 0.25) is 0 Å². The molecule has 0 aliphatic rings. The fourth-order valence-corrected chi connectivity index (χ4v) is 2.44. The molecule has 1 rings (SSSR count). The van der Waals surface area contributed by atoms with E-state index in [1.165, 1.54) is 0 Å². The SMILES string of the molecule is CCC(CC)(CC)NC(=O)c1cc(NC)nc(C(C)C)c1. The number of hydrogen-bond donors (Lipinski definition) is 2. The van der Waals surface area contributed by atoms with Crippen molar-refractivity contribution in [2.45, 2.75) is 65.3 Å². The summed E-state index contributed by atoms with van der Waals surface area (Å²) in [6.07, 6.45) is 2.81. The lowest BCUT2D eigenvalue weighted by molar-refractivity contribution is 0.0888. The second kappa shape index (κ2) is 7.43. The van der Waals surface area contributed by atoms with Crippen LogP contribution >= 0.6 is 0 Å². The monoisotopic (exact) mass is 291 g/mol. The second-order valence-corrected chi connectivity index (χ2v) is 5.87. The number of carbonyl (C=O) groups excluding carboxylic acids is 1. The van der Waals surface area contributed by atoms with E-state index in [2.05, 4.69) is 50.2 Å². The maximum absolute atomic E-state index is 12.6. The Morgan fingerprint density at radius 1 is 1.19 bits per heavy atom. The fraction of sp³-hybridized carbons (Fsp3) is 0.647. The lowest BCUT2D eigenvalue weighted by atomic mass is 9.89. The van der Waals surface area contributed by atoms with Crippen molar-refractivity contribution in [3.63, 3.8) is 0 Å². The predicted molar refractivity (Wildman–Crippen MR) is 88.9 cm³/mol. The van der Waals surface area contributed by atoms with Crippen molar-refractivity contribution in [3.05, 3.63) is 23.4 Å². The van der Waals surface area contributed by atoms with E-state index in [0.717, 1.165) is 30.8 Å². The molecule has 4 heteroatoms. The van der Waals surface area contributed by atoms with E-state index >= 15 is 0 Å². The van der Waals surface area contributed by atoms with Crippen molar-refractivity contribution in [1.29, 1.82) is 0 Å². The molecular formula is C17H29N3O. The Balaban J connectivity index is 3.09. The molecule has 0 spiro atoms. The van der Waals surface area contributed by atoms with Gasteiger partial charge in [-0.25, -0.2) is 4.98 Å². The number of pyridine rings is 1. The summed E-state index contributed by atoms with van der Waals surface area (Å²) in [5.41, 5.74) is 1.50. The number of nitrogens with one attached hydrogen (secondary N) is 2. The number of anilines is 1. The number of amides is 1. The average Bonchev–Trinajstić information content (AvgIpc) is 2.51. The molecule has 1 aromatic rings. The molecule has 0 bridgehead atoms. The molecule has 0 atom stereocenters. The molecular weight excluding hydrogens is 262 g/mol. The predicted octanol–water partition coefficient (Wildman–Crippen LogP) is 3.95. The fourth-order valence-electron chi connectivity index (χ4n) is 2.44. The lowest BCUT2D eigenvalue weighted by Crippen LogP contribution is -2.47. The van der Waals surface area contributed by atoms with Gasteiger partial charge < -0.3 is 10.6 Å². The highest BCUT2D eigenvalue weighted by Crippen LogP contribution is 2.22. The molecule has 1 amide bonds. The normalized spacial score (nSPS) is 11.6. The highest BCUT2D eigenvalue weighted by molar-refractivity contribution is 5.95. The van der Waals surface area contributed by atoms with Crippen molar-refractivity contribution in [2.24, 2.45) is 0 Å².